The number of esters is 1. The molecule has 1 heterocycles. The summed E-state index contributed by atoms with van der Waals surface area (Å²) < 4.78 is 4.88. The van der Waals surface area contributed by atoms with Gasteiger partial charge in [0.15, 0.2) is 0 Å². The van der Waals surface area contributed by atoms with Crippen molar-refractivity contribution in [2.24, 2.45) is 11.8 Å². The molecule has 1 aliphatic rings. The summed E-state index contributed by atoms with van der Waals surface area (Å²) in [5.41, 5.74) is 0. The van der Waals surface area contributed by atoms with Gasteiger partial charge in [0.2, 0.25) is 0 Å². The third kappa shape index (κ3) is 2.95. The van der Waals surface area contributed by atoms with Crippen LogP contribution in [0.15, 0.2) is 0 Å². The second kappa shape index (κ2) is 6.21. The summed E-state index contributed by atoms with van der Waals surface area (Å²) in [5.74, 6) is 0.446. The van der Waals surface area contributed by atoms with Crippen molar-refractivity contribution in [3.05, 3.63) is 0 Å². The van der Waals surface area contributed by atoms with Gasteiger partial charge in [-0.3, -0.25) is 4.79 Å². The Morgan fingerprint density at radius 1 is 1.62 bits per heavy atom. The molecule has 0 aromatic heterocycles. The van der Waals surface area contributed by atoms with Crippen LogP contribution in [0.5, 0.6) is 0 Å². The Morgan fingerprint density at radius 3 is 2.69 bits per heavy atom. The first kappa shape index (κ1) is 13.5. The van der Waals surface area contributed by atoms with Gasteiger partial charge in [-0.1, -0.05) is 6.92 Å². The molecular formula is C12H24N2O2. The van der Waals surface area contributed by atoms with E-state index in [0.29, 0.717) is 5.92 Å². The Bertz CT molecular complexity index is 233. The van der Waals surface area contributed by atoms with Gasteiger partial charge in [-0.15, -0.1) is 0 Å². The van der Waals surface area contributed by atoms with Crippen molar-refractivity contribution in [3.8, 4) is 0 Å². The molecule has 3 unspecified atom stereocenters. The van der Waals surface area contributed by atoms with E-state index in [9.17, 15) is 4.79 Å². The Balaban J connectivity index is 2.67. The summed E-state index contributed by atoms with van der Waals surface area (Å²) >= 11 is 0. The van der Waals surface area contributed by atoms with Crippen LogP contribution in [0.2, 0.25) is 0 Å². The van der Waals surface area contributed by atoms with E-state index < -0.39 is 0 Å². The minimum Gasteiger partial charge on any atom is -0.469 e. The average molecular weight is 228 g/mol. The van der Waals surface area contributed by atoms with Crippen molar-refractivity contribution in [1.82, 2.24) is 10.2 Å². The molecule has 1 fully saturated rings. The number of nitrogens with zero attached hydrogens (tertiary/aromatic N) is 1. The van der Waals surface area contributed by atoms with Crippen LogP contribution in [-0.2, 0) is 9.53 Å². The van der Waals surface area contributed by atoms with E-state index in [1.807, 2.05) is 14.0 Å². The normalized spacial score (nSPS) is 25.4. The van der Waals surface area contributed by atoms with Crippen LogP contribution in [0, 0.1) is 11.8 Å². The number of hydrogen-bond acceptors (Lipinski definition) is 4. The molecule has 0 amide bonds. The van der Waals surface area contributed by atoms with E-state index >= 15 is 0 Å². The summed E-state index contributed by atoms with van der Waals surface area (Å²) in [6, 6.07) is 0.238. The van der Waals surface area contributed by atoms with Crippen molar-refractivity contribution in [2.75, 3.05) is 34.3 Å². The quantitative estimate of drug-likeness (QED) is 0.704. The Hall–Kier alpha value is -0.610. The summed E-state index contributed by atoms with van der Waals surface area (Å²) in [6.45, 7) is 4.24. The molecule has 0 aromatic carbocycles. The van der Waals surface area contributed by atoms with Crippen LogP contribution >= 0.6 is 0 Å². The molecule has 4 heteroatoms. The number of nitrogens with one attached hydrogen (secondary N) is 1. The predicted molar refractivity (Wildman–Crippen MR) is 64.2 cm³/mol. The minimum absolute atomic E-state index is 0.0218. The molecule has 1 saturated heterocycles. The van der Waals surface area contributed by atoms with Gasteiger partial charge in [0, 0.05) is 12.6 Å². The first-order chi connectivity index (χ1) is 7.63. The largest absolute Gasteiger partial charge is 0.469 e. The highest BCUT2D eigenvalue weighted by molar-refractivity contribution is 5.73. The van der Waals surface area contributed by atoms with Gasteiger partial charge in [0.05, 0.1) is 13.0 Å². The molecule has 16 heavy (non-hydrogen) atoms. The van der Waals surface area contributed by atoms with Crippen LogP contribution in [-0.4, -0.2) is 51.2 Å². The molecule has 0 radical (unpaired) electrons. The summed E-state index contributed by atoms with van der Waals surface area (Å²) in [6.07, 6.45) is 1.99. The SMILES string of the molecule is CCC(C(=O)OC)C(NC)C1CCN(C)C1. The Kier molecular flexibility index (Phi) is 5.22. The monoisotopic (exact) mass is 228 g/mol. The van der Waals surface area contributed by atoms with E-state index in [1.54, 1.807) is 0 Å². The second-order valence-electron chi connectivity index (χ2n) is 4.66. The van der Waals surface area contributed by atoms with Crippen LogP contribution < -0.4 is 5.32 Å². The zero-order valence-corrected chi connectivity index (χ0v) is 10.8. The molecule has 94 valence electrons. The first-order valence-electron chi connectivity index (χ1n) is 6.07. The van der Waals surface area contributed by atoms with E-state index in [4.69, 9.17) is 4.74 Å². The van der Waals surface area contributed by atoms with Gasteiger partial charge in [-0.25, -0.2) is 0 Å². The molecule has 0 spiro atoms. The number of methoxy groups -OCH3 is 1. The van der Waals surface area contributed by atoms with Crippen molar-refractivity contribution in [1.29, 1.82) is 0 Å². The lowest BCUT2D eigenvalue weighted by Gasteiger charge is -2.29. The number of carbonyl (C=O) groups excluding carboxylic acids is 1. The summed E-state index contributed by atoms with van der Waals surface area (Å²) in [5, 5.41) is 3.30. The number of carbonyl (C=O) groups is 1. The lowest BCUT2D eigenvalue weighted by molar-refractivity contribution is -0.147. The molecule has 4 nitrogen and oxygen atoms in total. The van der Waals surface area contributed by atoms with Crippen molar-refractivity contribution in [2.45, 2.75) is 25.8 Å². The molecular weight excluding hydrogens is 204 g/mol. The molecule has 1 aliphatic heterocycles. The fourth-order valence-electron chi connectivity index (χ4n) is 2.75. The van der Waals surface area contributed by atoms with Crippen LogP contribution in [0.25, 0.3) is 0 Å². The Morgan fingerprint density at radius 2 is 2.31 bits per heavy atom. The molecule has 1 N–H and O–H groups in total. The van der Waals surface area contributed by atoms with Gasteiger partial charge in [-0.05, 0) is 39.4 Å². The van der Waals surface area contributed by atoms with Crippen LogP contribution in [0.1, 0.15) is 19.8 Å². The number of hydrogen-bond donors (Lipinski definition) is 1. The molecule has 3 atom stereocenters. The van der Waals surface area contributed by atoms with Crippen molar-refractivity contribution < 1.29 is 9.53 Å². The number of ether oxygens (including phenoxy) is 1. The van der Waals surface area contributed by atoms with Crippen LogP contribution in [0.3, 0.4) is 0 Å². The third-order valence-electron chi connectivity index (χ3n) is 3.65. The lowest BCUT2D eigenvalue weighted by atomic mass is 9.86. The summed E-state index contributed by atoms with van der Waals surface area (Å²) in [7, 11) is 5.54. The van der Waals surface area contributed by atoms with E-state index in [0.717, 1.165) is 25.9 Å². The van der Waals surface area contributed by atoms with Gasteiger partial charge < -0.3 is 15.0 Å². The standard InChI is InChI=1S/C12H24N2O2/c1-5-10(12(15)16-4)11(13-2)9-6-7-14(3)8-9/h9-11,13H,5-8H2,1-4H3. The maximum absolute atomic E-state index is 11.7. The molecule has 0 saturated carbocycles. The topological polar surface area (TPSA) is 41.6 Å². The summed E-state index contributed by atoms with van der Waals surface area (Å²) in [4.78, 5) is 14.0. The van der Waals surface area contributed by atoms with E-state index in [2.05, 4.69) is 17.3 Å². The number of rotatable bonds is 5. The number of likely N-dealkylation sites (tertiary alicyclic amines) is 1. The Labute approximate surface area is 98.3 Å². The lowest BCUT2D eigenvalue weighted by Crippen LogP contribution is -2.44. The molecule has 0 aromatic rings. The van der Waals surface area contributed by atoms with Crippen LogP contribution in [0.4, 0.5) is 0 Å². The second-order valence-corrected chi connectivity index (χ2v) is 4.66. The highest BCUT2D eigenvalue weighted by Crippen LogP contribution is 2.25. The van der Waals surface area contributed by atoms with Gasteiger partial charge >= 0.3 is 5.97 Å². The van der Waals surface area contributed by atoms with Crippen molar-refractivity contribution >= 4 is 5.97 Å². The maximum atomic E-state index is 11.7. The van der Waals surface area contributed by atoms with Gasteiger partial charge in [0.1, 0.15) is 0 Å². The van der Waals surface area contributed by atoms with Gasteiger partial charge in [0.25, 0.3) is 0 Å². The highest BCUT2D eigenvalue weighted by atomic mass is 16.5. The zero-order chi connectivity index (χ0) is 12.1. The minimum atomic E-state index is -0.0867. The molecule has 1 rings (SSSR count). The maximum Gasteiger partial charge on any atom is 0.310 e. The first-order valence-corrected chi connectivity index (χ1v) is 6.07. The highest BCUT2D eigenvalue weighted by Gasteiger charge is 2.35. The van der Waals surface area contributed by atoms with E-state index in [1.165, 1.54) is 7.11 Å². The molecule has 0 bridgehead atoms. The van der Waals surface area contributed by atoms with Gasteiger partial charge in [-0.2, -0.15) is 0 Å². The molecule has 0 aliphatic carbocycles. The fourth-order valence-corrected chi connectivity index (χ4v) is 2.75. The smallest absolute Gasteiger partial charge is 0.310 e. The third-order valence-corrected chi connectivity index (χ3v) is 3.65. The average Bonchev–Trinajstić information content (AvgIpc) is 2.71. The zero-order valence-electron chi connectivity index (χ0n) is 10.8. The van der Waals surface area contributed by atoms with E-state index in [-0.39, 0.29) is 17.9 Å². The predicted octanol–water partition coefficient (Wildman–Crippen LogP) is 0.725. The fraction of sp³-hybridized carbons (Fsp3) is 0.917. The van der Waals surface area contributed by atoms with Crippen molar-refractivity contribution in [3.63, 3.8) is 0 Å².